The van der Waals surface area contributed by atoms with Crippen LogP contribution in [-0.2, 0) is 13.0 Å². The van der Waals surface area contributed by atoms with Gasteiger partial charge in [-0.2, -0.15) is 5.26 Å². The van der Waals surface area contributed by atoms with Crippen molar-refractivity contribution in [2.75, 3.05) is 12.4 Å². The fourth-order valence-corrected chi connectivity index (χ4v) is 3.78. The minimum atomic E-state index is -0.627. The van der Waals surface area contributed by atoms with E-state index in [1.807, 2.05) is 10.6 Å². The van der Waals surface area contributed by atoms with E-state index in [2.05, 4.69) is 27.7 Å². The minimum Gasteiger partial charge on any atom is -0.491 e. The molecule has 6 nitrogen and oxygen atoms in total. The van der Waals surface area contributed by atoms with Gasteiger partial charge in [0, 0.05) is 17.2 Å². The van der Waals surface area contributed by atoms with Gasteiger partial charge in [-0.3, -0.25) is 0 Å². The van der Waals surface area contributed by atoms with Crippen LogP contribution in [0.3, 0.4) is 0 Å². The molecule has 26 heavy (non-hydrogen) atoms. The zero-order valence-electron chi connectivity index (χ0n) is 14.0. The summed E-state index contributed by atoms with van der Waals surface area (Å²) in [5.41, 5.74) is 0.579. The number of aliphatic hydroxyl groups excluding tert-OH is 1. The number of hydrogen-bond acceptors (Lipinski definition) is 7. The minimum absolute atomic E-state index is 0.183. The molecule has 3 aromatic rings. The van der Waals surface area contributed by atoms with E-state index in [0.717, 1.165) is 18.1 Å². The number of aromatic nitrogens is 3. The fourth-order valence-electron chi connectivity index (χ4n) is 2.23. The van der Waals surface area contributed by atoms with Gasteiger partial charge in [-0.15, -0.1) is 21.5 Å². The largest absolute Gasteiger partial charge is 0.491 e. The van der Waals surface area contributed by atoms with Crippen LogP contribution < -0.4 is 4.74 Å². The molecule has 0 radical (unpaired) electrons. The van der Waals surface area contributed by atoms with Crippen LogP contribution >= 0.6 is 23.1 Å². The second-order valence-corrected chi connectivity index (χ2v) is 7.57. The van der Waals surface area contributed by atoms with E-state index in [0.29, 0.717) is 17.1 Å². The number of aliphatic hydroxyl groups is 1. The van der Waals surface area contributed by atoms with Gasteiger partial charge in [0.1, 0.15) is 18.7 Å². The topological polar surface area (TPSA) is 84.0 Å². The van der Waals surface area contributed by atoms with Gasteiger partial charge in [0.2, 0.25) is 0 Å². The molecule has 1 unspecified atom stereocenters. The zero-order valence-corrected chi connectivity index (χ0v) is 15.6. The Labute approximate surface area is 160 Å². The first-order chi connectivity index (χ1) is 12.7. The Balaban J connectivity index is 1.43. The number of hydrogen-bond donors (Lipinski definition) is 1. The smallest absolute Gasteiger partial charge is 0.191 e. The molecular formula is C18H18N4O2S2. The van der Waals surface area contributed by atoms with E-state index in [4.69, 9.17) is 10.00 Å². The Morgan fingerprint density at radius 3 is 2.88 bits per heavy atom. The standard InChI is InChI=1S/C18H18N4O2S2/c19-10-14-3-5-16(6-4-14)24-11-15(23)12-26-18-21-20-13-22(18)8-7-17-2-1-9-25-17/h1-6,9,13,15,23H,7-8,11-12H2. The molecule has 0 aliphatic heterocycles. The van der Waals surface area contributed by atoms with Gasteiger partial charge in [-0.05, 0) is 42.1 Å². The summed E-state index contributed by atoms with van der Waals surface area (Å²) in [6.45, 7) is 0.996. The third kappa shape index (κ3) is 5.33. The second kappa shape index (κ2) is 9.38. The van der Waals surface area contributed by atoms with E-state index in [1.165, 1.54) is 16.6 Å². The summed E-state index contributed by atoms with van der Waals surface area (Å²) in [6.07, 6.45) is 2.03. The summed E-state index contributed by atoms with van der Waals surface area (Å²) in [5, 5.41) is 29.9. The third-order valence-electron chi connectivity index (χ3n) is 3.59. The van der Waals surface area contributed by atoms with Crippen molar-refractivity contribution in [3.8, 4) is 11.8 Å². The quantitative estimate of drug-likeness (QED) is 0.569. The van der Waals surface area contributed by atoms with Crippen LogP contribution in [0.4, 0.5) is 0 Å². The molecule has 134 valence electrons. The molecule has 1 atom stereocenters. The fraction of sp³-hybridized carbons (Fsp3) is 0.278. The normalized spacial score (nSPS) is 11.8. The van der Waals surface area contributed by atoms with E-state index in [9.17, 15) is 5.11 Å². The average Bonchev–Trinajstić information content (AvgIpc) is 3.35. The summed E-state index contributed by atoms with van der Waals surface area (Å²) in [6, 6.07) is 13.0. The van der Waals surface area contributed by atoms with Crippen molar-refractivity contribution in [2.24, 2.45) is 0 Å². The third-order valence-corrected chi connectivity index (χ3v) is 5.65. The van der Waals surface area contributed by atoms with Crippen molar-refractivity contribution < 1.29 is 9.84 Å². The van der Waals surface area contributed by atoms with Crippen LogP contribution in [0.1, 0.15) is 10.4 Å². The van der Waals surface area contributed by atoms with E-state index in [-0.39, 0.29) is 6.61 Å². The van der Waals surface area contributed by atoms with Crippen LogP contribution in [0.25, 0.3) is 0 Å². The Morgan fingerprint density at radius 1 is 1.31 bits per heavy atom. The Bertz CT molecular complexity index is 841. The van der Waals surface area contributed by atoms with Crippen LogP contribution in [-0.4, -0.2) is 38.3 Å². The molecule has 0 spiro atoms. The Hall–Kier alpha value is -2.34. The first-order valence-corrected chi connectivity index (χ1v) is 9.95. The van der Waals surface area contributed by atoms with Gasteiger partial charge in [0.25, 0.3) is 0 Å². The predicted octanol–water partition coefficient (Wildman–Crippen LogP) is 2.99. The number of benzene rings is 1. The first kappa shape index (κ1) is 18.5. The maximum absolute atomic E-state index is 10.1. The molecule has 1 aromatic carbocycles. The lowest BCUT2D eigenvalue weighted by Gasteiger charge is -2.12. The number of rotatable bonds is 9. The lowest BCUT2D eigenvalue weighted by atomic mass is 10.2. The van der Waals surface area contributed by atoms with Gasteiger partial charge < -0.3 is 14.4 Å². The number of nitrogens with zero attached hydrogens (tertiary/aromatic N) is 4. The highest BCUT2D eigenvalue weighted by Gasteiger charge is 2.11. The highest BCUT2D eigenvalue weighted by molar-refractivity contribution is 7.99. The summed E-state index contributed by atoms with van der Waals surface area (Å²) < 4.78 is 7.55. The van der Waals surface area contributed by atoms with Crippen molar-refractivity contribution in [1.29, 1.82) is 5.26 Å². The molecule has 0 saturated carbocycles. The highest BCUT2D eigenvalue weighted by atomic mass is 32.2. The lowest BCUT2D eigenvalue weighted by Crippen LogP contribution is -2.20. The molecule has 2 aromatic heterocycles. The van der Waals surface area contributed by atoms with Crippen molar-refractivity contribution in [3.05, 3.63) is 58.5 Å². The zero-order chi connectivity index (χ0) is 18.2. The van der Waals surface area contributed by atoms with E-state index >= 15 is 0 Å². The first-order valence-electron chi connectivity index (χ1n) is 8.08. The monoisotopic (exact) mass is 386 g/mol. The molecule has 0 aliphatic carbocycles. The summed E-state index contributed by atoms with van der Waals surface area (Å²) in [4.78, 5) is 1.32. The van der Waals surface area contributed by atoms with Gasteiger partial charge >= 0.3 is 0 Å². The summed E-state index contributed by atoms with van der Waals surface area (Å²) >= 11 is 3.20. The lowest BCUT2D eigenvalue weighted by molar-refractivity contribution is 0.126. The number of ether oxygens (including phenoxy) is 1. The van der Waals surface area contributed by atoms with Crippen molar-refractivity contribution >= 4 is 23.1 Å². The molecule has 0 saturated heterocycles. The van der Waals surface area contributed by atoms with Crippen molar-refractivity contribution in [2.45, 2.75) is 24.2 Å². The Kier molecular flexibility index (Phi) is 6.66. The van der Waals surface area contributed by atoms with Crippen molar-refractivity contribution in [3.63, 3.8) is 0 Å². The van der Waals surface area contributed by atoms with Crippen LogP contribution in [0.2, 0.25) is 0 Å². The molecule has 0 aliphatic rings. The summed E-state index contributed by atoms with van der Waals surface area (Å²) in [7, 11) is 0. The van der Waals surface area contributed by atoms with E-state index < -0.39 is 6.10 Å². The molecule has 3 rings (SSSR count). The van der Waals surface area contributed by atoms with Crippen molar-refractivity contribution in [1.82, 2.24) is 14.8 Å². The summed E-state index contributed by atoms with van der Waals surface area (Å²) in [5.74, 6) is 1.10. The Morgan fingerprint density at radius 2 is 2.15 bits per heavy atom. The van der Waals surface area contributed by atoms with Gasteiger partial charge in [-0.25, -0.2) is 0 Å². The maximum Gasteiger partial charge on any atom is 0.191 e. The van der Waals surface area contributed by atoms with Gasteiger partial charge in [0.15, 0.2) is 5.16 Å². The van der Waals surface area contributed by atoms with Gasteiger partial charge in [-0.1, -0.05) is 17.8 Å². The van der Waals surface area contributed by atoms with E-state index in [1.54, 1.807) is 41.9 Å². The molecule has 0 fully saturated rings. The number of aryl methyl sites for hydroxylation is 2. The second-order valence-electron chi connectivity index (χ2n) is 5.55. The number of thiophene rings is 1. The molecule has 0 bridgehead atoms. The average molecular weight is 387 g/mol. The molecular weight excluding hydrogens is 368 g/mol. The maximum atomic E-state index is 10.1. The van der Waals surface area contributed by atoms with Crippen LogP contribution in [0, 0.1) is 11.3 Å². The van der Waals surface area contributed by atoms with Crippen LogP contribution in [0.5, 0.6) is 5.75 Å². The molecule has 1 N–H and O–H groups in total. The highest BCUT2D eigenvalue weighted by Crippen LogP contribution is 2.18. The van der Waals surface area contributed by atoms with Gasteiger partial charge in [0.05, 0.1) is 17.7 Å². The van der Waals surface area contributed by atoms with Crippen LogP contribution in [0.15, 0.2) is 53.3 Å². The number of thioether (sulfide) groups is 1. The molecule has 8 heteroatoms. The predicted molar refractivity (Wildman–Crippen MR) is 101 cm³/mol. The molecule has 2 heterocycles. The molecule has 0 amide bonds. The SMILES string of the molecule is N#Cc1ccc(OCC(O)CSc2nncn2CCc2cccs2)cc1. The number of nitriles is 1.